The van der Waals surface area contributed by atoms with E-state index in [4.69, 9.17) is 0 Å². The SMILES string of the molecule is C[CH]NCCCCCCCCCCCCCCCCCCCCCCCCCCCCCC. The Bertz CT molecular complexity index is 284. The lowest BCUT2D eigenvalue weighted by Gasteiger charge is -2.04. The van der Waals surface area contributed by atoms with Crippen molar-refractivity contribution in [1.82, 2.24) is 5.32 Å². The maximum absolute atomic E-state index is 3.29. The molecule has 0 unspecified atom stereocenters. The largest absolute Gasteiger partial charge is 0.313 e. The van der Waals surface area contributed by atoms with E-state index in [0.717, 1.165) is 6.54 Å². The van der Waals surface area contributed by atoms with Crippen LogP contribution in [0, 0.1) is 6.54 Å². The Balaban J connectivity index is 2.99. The lowest BCUT2D eigenvalue weighted by Crippen LogP contribution is -2.08. The third-order valence-corrected chi connectivity index (χ3v) is 7.38. The Morgan fingerprint density at radius 2 is 0.545 bits per heavy atom. The molecule has 33 heavy (non-hydrogen) atoms. The summed E-state index contributed by atoms with van der Waals surface area (Å²) >= 11 is 0. The van der Waals surface area contributed by atoms with E-state index in [1.165, 1.54) is 180 Å². The number of hydrogen-bond donors (Lipinski definition) is 1. The lowest BCUT2D eigenvalue weighted by atomic mass is 10.0. The van der Waals surface area contributed by atoms with Crippen LogP contribution in [0.1, 0.15) is 194 Å². The number of unbranched alkanes of at least 4 members (excludes halogenated alkanes) is 27. The molecule has 0 amide bonds. The second-order valence-corrected chi connectivity index (χ2v) is 10.8. The zero-order valence-corrected chi connectivity index (χ0v) is 23.6. The molecule has 1 radical (unpaired) electrons. The molecule has 1 heteroatoms. The smallest absolute Gasteiger partial charge is 0.0190 e. The fourth-order valence-corrected chi connectivity index (χ4v) is 5.04. The van der Waals surface area contributed by atoms with Crippen LogP contribution in [0.3, 0.4) is 0 Å². The van der Waals surface area contributed by atoms with Crippen molar-refractivity contribution in [3.63, 3.8) is 0 Å². The van der Waals surface area contributed by atoms with Gasteiger partial charge in [0, 0.05) is 6.54 Å². The first-order valence-electron chi connectivity index (χ1n) is 15.9. The van der Waals surface area contributed by atoms with Crippen molar-refractivity contribution < 1.29 is 0 Å². The Morgan fingerprint density at radius 1 is 0.333 bits per heavy atom. The fourth-order valence-electron chi connectivity index (χ4n) is 5.04. The molecule has 0 aromatic carbocycles. The number of hydrogen-bond acceptors (Lipinski definition) is 1. The van der Waals surface area contributed by atoms with E-state index < -0.39 is 0 Å². The molecule has 199 valence electrons. The topological polar surface area (TPSA) is 12.0 Å². The highest BCUT2D eigenvalue weighted by molar-refractivity contribution is 4.54. The minimum atomic E-state index is 1.16. The number of nitrogens with one attached hydrogen (secondary N) is 1. The van der Waals surface area contributed by atoms with E-state index >= 15 is 0 Å². The standard InChI is InChI=1S/C32H66N/c1-3-5-6-7-8-9-10-11-12-13-14-15-16-17-18-19-20-21-22-23-24-25-26-27-28-29-30-31-32-33-4-2/h4,33H,3,5-32H2,1-2H3. The van der Waals surface area contributed by atoms with Crippen LogP contribution >= 0.6 is 0 Å². The van der Waals surface area contributed by atoms with Crippen LogP contribution in [0.15, 0.2) is 0 Å². The third kappa shape index (κ3) is 32.0. The first-order chi connectivity index (χ1) is 16.4. The summed E-state index contributed by atoms with van der Waals surface area (Å²) in [4.78, 5) is 0. The van der Waals surface area contributed by atoms with Crippen molar-refractivity contribution in [2.75, 3.05) is 6.54 Å². The van der Waals surface area contributed by atoms with Crippen LogP contribution in [0.25, 0.3) is 0 Å². The summed E-state index contributed by atoms with van der Waals surface area (Å²) < 4.78 is 0. The molecular formula is C32H66N. The third-order valence-electron chi connectivity index (χ3n) is 7.38. The highest BCUT2D eigenvalue weighted by Crippen LogP contribution is 2.16. The first-order valence-corrected chi connectivity index (χ1v) is 15.9. The predicted molar refractivity (Wildman–Crippen MR) is 153 cm³/mol. The number of rotatable bonds is 30. The van der Waals surface area contributed by atoms with Gasteiger partial charge in [-0.05, 0) is 19.9 Å². The van der Waals surface area contributed by atoms with Gasteiger partial charge in [0.2, 0.25) is 0 Å². The zero-order chi connectivity index (χ0) is 23.9. The molecule has 1 nitrogen and oxygen atoms in total. The van der Waals surface area contributed by atoms with Gasteiger partial charge in [-0.3, -0.25) is 0 Å². The maximum atomic E-state index is 3.29. The predicted octanol–water partition coefficient (Wildman–Crippen LogP) is 11.7. The Kier molecular flexibility index (Phi) is 31.9. The summed E-state index contributed by atoms with van der Waals surface area (Å²) in [5.41, 5.74) is 0. The van der Waals surface area contributed by atoms with Gasteiger partial charge in [-0.2, -0.15) is 0 Å². The van der Waals surface area contributed by atoms with Crippen LogP contribution in [0.2, 0.25) is 0 Å². The van der Waals surface area contributed by atoms with Gasteiger partial charge in [0.25, 0.3) is 0 Å². The monoisotopic (exact) mass is 465 g/mol. The molecule has 1 N–H and O–H groups in total. The van der Waals surface area contributed by atoms with Gasteiger partial charge in [0.15, 0.2) is 0 Å². The van der Waals surface area contributed by atoms with E-state index in [1.54, 1.807) is 0 Å². The summed E-state index contributed by atoms with van der Waals surface area (Å²) in [6.07, 6.45) is 41.1. The maximum Gasteiger partial charge on any atom is 0.0190 e. The van der Waals surface area contributed by atoms with Crippen LogP contribution in [0.4, 0.5) is 0 Å². The van der Waals surface area contributed by atoms with Crippen LogP contribution in [-0.4, -0.2) is 6.54 Å². The van der Waals surface area contributed by atoms with Crippen molar-refractivity contribution in [1.29, 1.82) is 0 Å². The molecule has 0 heterocycles. The summed E-state index contributed by atoms with van der Waals surface area (Å²) in [5.74, 6) is 0. The van der Waals surface area contributed by atoms with Crippen molar-refractivity contribution >= 4 is 0 Å². The molecule has 0 aromatic heterocycles. The minimum absolute atomic E-state index is 1.16. The van der Waals surface area contributed by atoms with E-state index in [2.05, 4.69) is 25.7 Å². The summed E-state index contributed by atoms with van der Waals surface area (Å²) in [6.45, 7) is 7.60. The van der Waals surface area contributed by atoms with Gasteiger partial charge < -0.3 is 5.32 Å². The van der Waals surface area contributed by atoms with Crippen molar-refractivity contribution in [3.8, 4) is 0 Å². The van der Waals surface area contributed by atoms with Gasteiger partial charge in [0.05, 0.1) is 0 Å². The van der Waals surface area contributed by atoms with Crippen LogP contribution < -0.4 is 5.32 Å². The highest BCUT2D eigenvalue weighted by atomic mass is 14.8. The molecule has 0 aliphatic rings. The molecular weight excluding hydrogens is 398 g/mol. The molecule has 0 aliphatic carbocycles. The van der Waals surface area contributed by atoms with Gasteiger partial charge in [-0.25, -0.2) is 0 Å². The van der Waals surface area contributed by atoms with Crippen LogP contribution in [-0.2, 0) is 0 Å². The van der Waals surface area contributed by atoms with E-state index in [-0.39, 0.29) is 0 Å². The van der Waals surface area contributed by atoms with Gasteiger partial charge in [-0.1, -0.05) is 180 Å². The summed E-state index contributed by atoms with van der Waals surface area (Å²) in [5, 5.41) is 3.29. The first kappa shape index (κ1) is 33.0. The molecule has 0 saturated carbocycles. The lowest BCUT2D eigenvalue weighted by molar-refractivity contribution is 0.513. The van der Waals surface area contributed by atoms with E-state index in [1.807, 2.05) is 0 Å². The second kappa shape index (κ2) is 32.0. The zero-order valence-electron chi connectivity index (χ0n) is 23.6. The molecule has 0 aliphatic heterocycles. The van der Waals surface area contributed by atoms with Crippen molar-refractivity contribution in [2.45, 2.75) is 194 Å². The fraction of sp³-hybridized carbons (Fsp3) is 0.969. The minimum Gasteiger partial charge on any atom is -0.313 e. The quantitative estimate of drug-likeness (QED) is 0.104. The van der Waals surface area contributed by atoms with E-state index in [0.29, 0.717) is 0 Å². The summed E-state index contributed by atoms with van der Waals surface area (Å²) in [7, 11) is 0. The Hall–Kier alpha value is -0.0400. The molecule has 0 saturated heterocycles. The van der Waals surface area contributed by atoms with Gasteiger partial charge in [0.1, 0.15) is 0 Å². The average molecular weight is 465 g/mol. The molecule has 0 atom stereocenters. The van der Waals surface area contributed by atoms with Gasteiger partial charge >= 0.3 is 0 Å². The van der Waals surface area contributed by atoms with Crippen molar-refractivity contribution in [2.24, 2.45) is 0 Å². The second-order valence-electron chi connectivity index (χ2n) is 10.8. The van der Waals surface area contributed by atoms with Crippen molar-refractivity contribution in [3.05, 3.63) is 6.54 Å². The Morgan fingerprint density at radius 3 is 0.758 bits per heavy atom. The van der Waals surface area contributed by atoms with Crippen LogP contribution in [0.5, 0.6) is 0 Å². The molecule has 0 fully saturated rings. The molecule has 0 spiro atoms. The molecule has 0 aromatic rings. The highest BCUT2D eigenvalue weighted by Gasteiger charge is 1.96. The van der Waals surface area contributed by atoms with E-state index in [9.17, 15) is 0 Å². The summed E-state index contributed by atoms with van der Waals surface area (Å²) in [6, 6.07) is 0. The molecule has 0 bridgehead atoms. The average Bonchev–Trinajstić information content (AvgIpc) is 2.83. The van der Waals surface area contributed by atoms with Gasteiger partial charge in [-0.15, -0.1) is 0 Å². The Labute approximate surface area is 212 Å². The molecule has 0 rings (SSSR count). The normalized spacial score (nSPS) is 11.5.